The molecule has 5 nitrogen and oxygen atoms in total. The third kappa shape index (κ3) is 1.99. The summed E-state index contributed by atoms with van der Waals surface area (Å²) < 4.78 is 1.17. The number of aromatic amines is 1. The Bertz CT molecular complexity index is 750. The molecule has 3 heterocycles. The van der Waals surface area contributed by atoms with E-state index in [1.807, 2.05) is 11.4 Å². The summed E-state index contributed by atoms with van der Waals surface area (Å²) in [5, 5.41) is 10.9. The summed E-state index contributed by atoms with van der Waals surface area (Å²) >= 11 is 3.87. The standard InChI is InChI=1S/C11H6IN3O2S/c12-8-2-6(4-18-8)9-14-7-1-5(11(16)17)3-13-10(7)15-9/h1-4H,(H,16,17)(H,13,14,15). The first kappa shape index (κ1) is 11.6. The van der Waals surface area contributed by atoms with E-state index in [1.54, 1.807) is 17.4 Å². The number of aromatic nitrogens is 3. The predicted octanol–water partition coefficient (Wildman–Crippen LogP) is 2.99. The van der Waals surface area contributed by atoms with Crippen molar-refractivity contribution in [2.75, 3.05) is 0 Å². The summed E-state index contributed by atoms with van der Waals surface area (Å²) in [5.74, 6) is -0.287. The van der Waals surface area contributed by atoms with Gasteiger partial charge in [0.25, 0.3) is 0 Å². The molecular formula is C11H6IN3O2S. The summed E-state index contributed by atoms with van der Waals surface area (Å²) in [6.45, 7) is 0. The Hall–Kier alpha value is -1.48. The molecule has 2 N–H and O–H groups in total. The van der Waals surface area contributed by atoms with Gasteiger partial charge in [0.15, 0.2) is 5.65 Å². The number of pyridine rings is 1. The molecular weight excluding hydrogens is 365 g/mol. The first-order valence-corrected chi connectivity index (χ1v) is 6.93. The van der Waals surface area contributed by atoms with Crippen molar-refractivity contribution < 1.29 is 9.90 Å². The van der Waals surface area contributed by atoms with Crippen LogP contribution >= 0.6 is 33.9 Å². The fourth-order valence-corrected chi connectivity index (χ4v) is 2.92. The zero-order valence-corrected chi connectivity index (χ0v) is 11.8. The third-order valence-electron chi connectivity index (χ3n) is 2.43. The number of hydrogen-bond donors (Lipinski definition) is 2. The average molecular weight is 371 g/mol. The molecule has 0 amide bonds. The lowest BCUT2D eigenvalue weighted by molar-refractivity contribution is 0.0696. The molecule has 0 aromatic carbocycles. The summed E-state index contributed by atoms with van der Waals surface area (Å²) in [5.41, 5.74) is 2.29. The smallest absolute Gasteiger partial charge is 0.337 e. The molecule has 0 aliphatic heterocycles. The quantitative estimate of drug-likeness (QED) is 0.679. The predicted molar refractivity (Wildman–Crippen MR) is 76.9 cm³/mol. The fourth-order valence-electron chi connectivity index (χ4n) is 1.59. The number of fused-ring (bicyclic) bond motifs is 1. The van der Waals surface area contributed by atoms with Gasteiger partial charge in [0.05, 0.1) is 14.0 Å². The number of rotatable bonds is 2. The van der Waals surface area contributed by atoms with Crippen molar-refractivity contribution >= 4 is 51.1 Å². The summed E-state index contributed by atoms with van der Waals surface area (Å²) in [6, 6.07) is 3.56. The number of carboxylic acids is 1. The topological polar surface area (TPSA) is 78.9 Å². The van der Waals surface area contributed by atoms with Gasteiger partial charge in [-0.05, 0) is 34.7 Å². The number of H-pyrrole nitrogens is 1. The number of nitrogens with zero attached hydrogens (tertiary/aromatic N) is 2. The molecule has 0 spiro atoms. The molecule has 0 bridgehead atoms. The van der Waals surface area contributed by atoms with E-state index in [2.05, 4.69) is 37.5 Å². The van der Waals surface area contributed by atoms with Gasteiger partial charge in [0, 0.05) is 17.1 Å². The first-order chi connectivity index (χ1) is 8.63. The SMILES string of the molecule is O=C(O)c1cnc2nc(-c3csc(I)c3)[nH]c2c1. The second-order valence-electron chi connectivity index (χ2n) is 3.63. The molecule has 0 saturated heterocycles. The molecule has 3 aromatic heterocycles. The van der Waals surface area contributed by atoms with Gasteiger partial charge in [-0.3, -0.25) is 0 Å². The van der Waals surface area contributed by atoms with Gasteiger partial charge in [-0.1, -0.05) is 0 Å². The van der Waals surface area contributed by atoms with E-state index in [9.17, 15) is 4.79 Å². The van der Waals surface area contributed by atoms with Gasteiger partial charge in [-0.25, -0.2) is 14.8 Å². The van der Waals surface area contributed by atoms with Gasteiger partial charge in [-0.2, -0.15) is 0 Å². The molecule has 3 rings (SSSR count). The van der Waals surface area contributed by atoms with Crippen LogP contribution < -0.4 is 0 Å². The van der Waals surface area contributed by atoms with Crippen LogP contribution in [0, 0.1) is 2.88 Å². The van der Waals surface area contributed by atoms with Crippen LogP contribution in [0.1, 0.15) is 10.4 Å². The Kier molecular flexibility index (Phi) is 2.78. The highest BCUT2D eigenvalue weighted by Gasteiger charge is 2.10. The van der Waals surface area contributed by atoms with Gasteiger partial charge < -0.3 is 10.1 Å². The average Bonchev–Trinajstić information content (AvgIpc) is 2.93. The van der Waals surface area contributed by atoms with E-state index in [0.29, 0.717) is 17.0 Å². The van der Waals surface area contributed by atoms with Gasteiger partial charge in [0.2, 0.25) is 0 Å². The fraction of sp³-hybridized carbons (Fsp3) is 0. The Morgan fingerprint density at radius 1 is 1.44 bits per heavy atom. The Morgan fingerprint density at radius 3 is 2.94 bits per heavy atom. The maximum atomic E-state index is 10.9. The van der Waals surface area contributed by atoms with Crippen LogP contribution in [0.15, 0.2) is 23.7 Å². The van der Waals surface area contributed by atoms with E-state index < -0.39 is 5.97 Å². The van der Waals surface area contributed by atoms with Crippen LogP contribution in [0.3, 0.4) is 0 Å². The van der Waals surface area contributed by atoms with Crippen LogP contribution in [-0.4, -0.2) is 26.0 Å². The molecule has 0 aliphatic rings. The van der Waals surface area contributed by atoms with Crippen LogP contribution in [-0.2, 0) is 0 Å². The van der Waals surface area contributed by atoms with Crippen LogP contribution in [0.2, 0.25) is 0 Å². The molecule has 18 heavy (non-hydrogen) atoms. The number of carboxylic acid groups (broad SMARTS) is 1. The van der Waals surface area contributed by atoms with Crippen molar-refractivity contribution in [3.63, 3.8) is 0 Å². The minimum Gasteiger partial charge on any atom is -0.478 e. The zero-order valence-electron chi connectivity index (χ0n) is 8.85. The highest BCUT2D eigenvalue weighted by Crippen LogP contribution is 2.26. The summed E-state index contributed by atoms with van der Waals surface area (Å²) in [6.07, 6.45) is 1.31. The lowest BCUT2D eigenvalue weighted by Crippen LogP contribution is -1.96. The molecule has 0 unspecified atom stereocenters. The van der Waals surface area contributed by atoms with E-state index in [4.69, 9.17) is 5.11 Å². The van der Waals surface area contributed by atoms with Crippen LogP contribution in [0.5, 0.6) is 0 Å². The number of nitrogens with one attached hydrogen (secondary N) is 1. The summed E-state index contributed by atoms with van der Waals surface area (Å²) in [7, 11) is 0. The number of aromatic carboxylic acids is 1. The second-order valence-corrected chi connectivity index (χ2v) is 6.43. The Balaban J connectivity index is 2.13. The van der Waals surface area contributed by atoms with Crippen LogP contribution in [0.4, 0.5) is 0 Å². The van der Waals surface area contributed by atoms with Gasteiger partial charge >= 0.3 is 5.97 Å². The monoisotopic (exact) mass is 371 g/mol. The van der Waals surface area contributed by atoms with Gasteiger partial charge in [0.1, 0.15) is 5.82 Å². The normalized spacial score (nSPS) is 10.9. The molecule has 0 aliphatic carbocycles. The Morgan fingerprint density at radius 2 is 2.28 bits per heavy atom. The Labute approximate surface area is 119 Å². The first-order valence-electron chi connectivity index (χ1n) is 4.97. The van der Waals surface area contributed by atoms with Crippen molar-refractivity contribution in [3.05, 3.63) is 32.2 Å². The van der Waals surface area contributed by atoms with Crippen molar-refractivity contribution in [1.29, 1.82) is 0 Å². The number of hydrogen-bond acceptors (Lipinski definition) is 4. The molecule has 0 saturated carbocycles. The third-order valence-corrected chi connectivity index (χ3v) is 4.21. The maximum Gasteiger partial charge on any atom is 0.337 e. The van der Waals surface area contributed by atoms with E-state index >= 15 is 0 Å². The molecule has 90 valence electrons. The largest absolute Gasteiger partial charge is 0.478 e. The second kappa shape index (κ2) is 4.32. The molecule has 0 atom stereocenters. The van der Waals surface area contributed by atoms with E-state index in [0.717, 1.165) is 5.56 Å². The number of imidazole rings is 1. The number of thiophene rings is 1. The van der Waals surface area contributed by atoms with E-state index in [-0.39, 0.29) is 5.56 Å². The van der Waals surface area contributed by atoms with Crippen molar-refractivity contribution in [2.24, 2.45) is 0 Å². The van der Waals surface area contributed by atoms with E-state index in [1.165, 1.54) is 9.08 Å². The molecule has 0 radical (unpaired) electrons. The minimum absolute atomic E-state index is 0.151. The number of halogens is 1. The number of carbonyl (C=O) groups is 1. The highest BCUT2D eigenvalue weighted by atomic mass is 127. The maximum absolute atomic E-state index is 10.9. The lowest BCUT2D eigenvalue weighted by atomic mass is 10.3. The summed E-state index contributed by atoms with van der Waals surface area (Å²) in [4.78, 5) is 22.3. The highest BCUT2D eigenvalue weighted by molar-refractivity contribution is 14.1. The minimum atomic E-state index is -0.995. The van der Waals surface area contributed by atoms with Crippen molar-refractivity contribution in [3.8, 4) is 11.4 Å². The van der Waals surface area contributed by atoms with Crippen molar-refractivity contribution in [1.82, 2.24) is 15.0 Å². The van der Waals surface area contributed by atoms with Crippen molar-refractivity contribution in [2.45, 2.75) is 0 Å². The van der Waals surface area contributed by atoms with Crippen LogP contribution in [0.25, 0.3) is 22.6 Å². The molecule has 0 fully saturated rings. The zero-order chi connectivity index (χ0) is 12.7. The van der Waals surface area contributed by atoms with Gasteiger partial charge in [-0.15, -0.1) is 11.3 Å². The molecule has 3 aromatic rings. The lowest BCUT2D eigenvalue weighted by Gasteiger charge is -1.91. The molecule has 7 heteroatoms.